The van der Waals surface area contributed by atoms with E-state index in [0.717, 1.165) is 30.8 Å². The fraction of sp³-hybridized carbons (Fsp3) is 0.333. The van der Waals surface area contributed by atoms with Gasteiger partial charge in [-0.15, -0.1) is 10.2 Å². The van der Waals surface area contributed by atoms with Gasteiger partial charge in [0.15, 0.2) is 17.3 Å². The maximum Gasteiger partial charge on any atom is 0.231 e. The monoisotopic (exact) mass is 328 g/mol. The Morgan fingerprint density at radius 1 is 1.33 bits per heavy atom. The van der Waals surface area contributed by atoms with Crippen LogP contribution in [0.2, 0.25) is 0 Å². The molecule has 0 saturated heterocycles. The lowest BCUT2D eigenvalue weighted by atomic mass is 10.1. The minimum atomic E-state index is 0.203. The van der Waals surface area contributed by atoms with Gasteiger partial charge in [0.25, 0.3) is 0 Å². The van der Waals surface area contributed by atoms with Gasteiger partial charge in [-0.1, -0.05) is 5.21 Å². The summed E-state index contributed by atoms with van der Waals surface area (Å²) in [6.45, 7) is 0.995. The molecule has 0 bridgehead atoms. The molecule has 124 valence electrons. The number of nitrogens with zero attached hydrogens (tertiary/aromatic N) is 5. The van der Waals surface area contributed by atoms with Crippen LogP contribution in [-0.2, 0) is 13.0 Å². The lowest BCUT2D eigenvalue weighted by Crippen LogP contribution is -2.02. The highest BCUT2D eigenvalue weighted by atomic mass is 16.7. The van der Waals surface area contributed by atoms with Gasteiger partial charge in [-0.05, 0) is 18.6 Å². The minimum Gasteiger partial charge on any atom is -0.493 e. The normalized spacial score (nSPS) is 12.5. The fourth-order valence-corrected chi connectivity index (χ4v) is 2.70. The number of aryl methyl sites for hydroxylation is 2. The summed E-state index contributed by atoms with van der Waals surface area (Å²) in [5, 5.41) is 13.9. The third-order valence-electron chi connectivity index (χ3n) is 3.82. The molecule has 2 aromatic heterocycles. The SMILES string of the molecule is COc1cc(-c2nccn2CCCc2nn[nH]n2)cc2c1OCO2. The molecule has 0 fully saturated rings. The van der Waals surface area contributed by atoms with Crippen LogP contribution in [0.4, 0.5) is 0 Å². The maximum absolute atomic E-state index is 5.48. The van der Waals surface area contributed by atoms with E-state index in [-0.39, 0.29) is 6.79 Å². The van der Waals surface area contributed by atoms with E-state index in [1.807, 2.05) is 18.3 Å². The van der Waals surface area contributed by atoms with Crippen LogP contribution >= 0.6 is 0 Å². The summed E-state index contributed by atoms with van der Waals surface area (Å²) in [5.74, 6) is 3.50. The number of benzene rings is 1. The molecule has 0 unspecified atom stereocenters. The van der Waals surface area contributed by atoms with Crippen molar-refractivity contribution in [3.63, 3.8) is 0 Å². The minimum absolute atomic E-state index is 0.203. The first-order chi connectivity index (χ1) is 11.8. The number of aromatic nitrogens is 6. The molecule has 0 radical (unpaired) electrons. The molecule has 0 aliphatic carbocycles. The van der Waals surface area contributed by atoms with Gasteiger partial charge in [-0.3, -0.25) is 0 Å². The molecule has 24 heavy (non-hydrogen) atoms. The van der Waals surface area contributed by atoms with Crippen LogP contribution in [0.25, 0.3) is 11.4 Å². The van der Waals surface area contributed by atoms with E-state index < -0.39 is 0 Å². The van der Waals surface area contributed by atoms with E-state index in [1.165, 1.54) is 0 Å². The molecule has 9 heteroatoms. The van der Waals surface area contributed by atoms with Crippen LogP contribution < -0.4 is 14.2 Å². The second kappa shape index (κ2) is 6.19. The first-order valence-electron chi connectivity index (χ1n) is 7.56. The van der Waals surface area contributed by atoms with Crippen molar-refractivity contribution < 1.29 is 14.2 Å². The van der Waals surface area contributed by atoms with Crippen molar-refractivity contribution in [2.24, 2.45) is 0 Å². The smallest absolute Gasteiger partial charge is 0.231 e. The van der Waals surface area contributed by atoms with Crippen LogP contribution in [-0.4, -0.2) is 44.1 Å². The van der Waals surface area contributed by atoms with Crippen molar-refractivity contribution in [3.8, 4) is 28.6 Å². The number of hydrogen-bond acceptors (Lipinski definition) is 7. The molecule has 0 amide bonds. The van der Waals surface area contributed by atoms with E-state index in [4.69, 9.17) is 14.2 Å². The van der Waals surface area contributed by atoms with E-state index >= 15 is 0 Å². The summed E-state index contributed by atoms with van der Waals surface area (Å²) >= 11 is 0. The average Bonchev–Trinajstić information content (AvgIpc) is 3.34. The third kappa shape index (κ3) is 2.64. The average molecular weight is 328 g/mol. The van der Waals surface area contributed by atoms with Crippen LogP contribution in [0.1, 0.15) is 12.2 Å². The summed E-state index contributed by atoms with van der Waals surface area (Å²) in [5.41, 5.74) is 0.917. The lowest BCUT2D eigenvalue weighted by molar-refractivity contribution is 0.171. The zero-order valence-corrected chi connectivity index (χ0v) is 13.1. The quantitative estimate of drug-likeness (QED) is 0.730. The maximum atomic E-state index is 5.48. The molecule has 9 nitrogen and oxygen atoms in total. The molecule has 0 spiro atoms. The highest BCUT2D eigenvalue weighted by Gasteiger charge is 2.21. The number of nitrogens with one attached hydrogen (secondary N) is 1. The summed E-state index contributed by atoms with van der Waals surface area (Å²) in [4.78, 5) is 4.46. The number of H-pyrrole nitrogens is 1. The number of imidazole rings is 1. The van der Waals surface area contributed by atoms with Crippen LogP contribution in [0, 0.1) is 0 Å². The largest absolute Gasteiger partial charge is 0.493 e. The van der Waals surface area contributed by atoms with Gasteiger partial charge in [-0.25, -0.2) is 4.98 Å². The predicted octanol–water partition coefficient (Wildman–Crippen LogP) is 1.43. The van der Waals surface area contributed by atoms with Crippen LogP contribution in [0.3, 0.4) is 0 Å². The number of rotatable bonds is 6. The standard InChI is InChI=1S/C15H16N6O3/c1-22-11-7-10(8-12-14(11)24-9-23-12)15-16-4-6-21(15)5-2-3-13-17-19-20-18-13/h4,6-8H,2-3,5,9H2,1H3,(H,17,18,19,20). The van der Waals surface area contributed by atoms with Gasteiger partial charge in [0, 0.05) is 30.9 Å². The van der Waals surface area contributed by atoms with Crippen LogP contribution in [0.15, 0.2) is 24.5 Å². The lowest BCUT2D eigenvalue weighted by Gasteiger charge is -2.10. The van der Waals surface area contributed by atoms with Gasteiger partial charge in [0.2, 0.25) is 12.5 Å². The Kier molecular flexibility index (Phi) is 3.73. The second-order valence-corrected chi connectivity index (χ2v) is 5.29. The van der Waals surface area contributed by atoms with Gasteiger partial charge in [0.1, 0.15) is 5.82 Å². The molecule has 1 aliphatic heterocycles. The van der Waals surface area contributed by atoms with Gasteiger partial charge >= 0.3 is 0 Å². The number of ether oxygens (including phenoxy) is 3. The van der Waals surface area contributed by atoms with Crippen LogP contribution in [0.5, 0.6) is 17.2 Å². The Hall–Kier alpha value is -3.10. The summed E-state index contributed by atoms with van der Waals surface area (Å²) in [7, 11) is 1.61. The zero-order chi connectivity index (χ0) is 16.4. The zero-order valence-electron chi connectivity index (χ0n) is 13.1. The summed E-state index contributed by atoms with van der Waals surface area (Å²) < 4.78 is 18.4. The Balaban J connectivity index is 1.56. The molecule has 4 rings (SSSR count). The van der Waals surface area contributed by atoms with E-state index in [0.29, 0.717) is 23.1 Å². The van der Waals surface area contributed by atoms with Crippen molar-refractivity contribution in [2.75, 3.05) is 13.9 Å². The van der Waals surface area contributed by atoms with Gasteiger partial charge < -0.3 is 18.8 Å². The number of aromatic amines is 1. The Morgan fingerprint density at radius 2 is 2.29 bits per heavy atom. The highest BCUT2D eigenvalue weighted by Crippen LogP contribution is 2.43. The topological polar surface area (TPSA) is 100.0 Å². The first-order valence-corrected chi connectivity index (χ1v) is 7.56. The molecule has 1 aromatic carbocycles. The number of methoxy groups -OCH3 is 1. The molecular weight excluding hydrogens is 312 g/mol. The summed E-state index contributed by atoms with van der Waals surface area (Å²) in [6, 6.07) is 3.83. The molecule has 3 aromatic rings. The molecule has 1 N–H and O–H groups in total. The number of fused-ring (bicyclic) bond motifs is 1. The molecule has 1 aliphatic rings. The highest BCUT2D eigenvalue weighted by molar-refractivity contribution is 5.67. The van der Waals surface area contributed by atoms with Gasteiger partial charge in [-0.2, -0.15) is 5.21 Å². The Labute approximate surface area is 137 Å². The van der Waals surface area contributed by atoms with Gasteiger partial charge in [0.05, 0.1) is 7.11 Å². The third-order valence-corrected chi connectivity index (χ3v) is 3.82. The molecule has 0 saturated carbocycles. The van der Waals surface area contributed by atoms with E-state index in [2.05, 4.69) is 30.2 Å². The van der Waals surface area contributed by atoms with Crippen molar-refractivity contribution in [1.29, 1.82) is 0 Å². The fourth-order valence-electron chi connectivity index (χ4n) is 2.70. The Bertz CT molecular complexity index is 830. The molecular formula is C15H16N6O3. The van der Waals surface area contributed by atoms with Crippen molar-refractivity contribution in [3.05, 3.63) is 30.4 Å². The first kappa shape index (κ1) is 14.5. The number of tetrazole rings is 1. The second-order valence-electron chi connectivity index (χ2n) is 5.29. The van der Waals surface area contributed by atoms with Crippen molar-refractivity contribution in [2.45, 2.75) is 19.4 Å². The molecule has 0 atom stereocenters. The molecule has 3 heterocycles. The Morgan fingerprint density at radius 3 is 3.12 bits per heavy atom. The number of hydrogen-bond donors (Lipinski definition) is 1. The van der Waals surface area contributed by atoms with E-state index in [1.54, 1.807) is 13.3 Å². The van der Waals surface area contributed by atoms with Crippen molar-refractivity contribution >= 4 is 0 Å². The van der Waals surface area contributed by atoms with Crippen molar-refractivity contribution in [1.82, 2.24) is 30.2 Å². The predicted molar refractivity (Wildman–Crippen MR) is 82.8 cm³/mol. The summed E-state index contributed by atoms with van der Waals surface area (Å²) in [6.07, 6.45) is 5.35. The van der Waals surface area contributed by atoms with E-state index in [9.17, 15) is 0 Å².